The lowest BCUT2D eigenvalue weighted by molar-refractivity contribution is 0.0662. The van der Waals surface area contributed by atoms with Crippen LogP contribution in [0, 0.1) is 0 Å². The van der Waals surface area contributed by atoms with E-state index in [2.05, 4.69) is 25.7 Å². The van der Waals surface area contributed by atoms with Crippen LogP contribution in [0.3, 0.4) is 0 Å². The van der Waals surface area contributed by atoms with Gasteiger partial charge < -0.3 is 5.73 Å². The lowest BCUT2D eigenvalue weighted by Gasteiger charge is -2.43. The molecule has 1 rings (SSSR count). The molecule has 0 bridgehead atoms. The van der Waals surface area contributed by atoms with Crippen molar-refractivity contribution in [2.45, 2.75) is 64.5 Å². The summed E-state index contributed by atoms with van der Waals surface area (Å²) in [4.78, 5) is 2.64. The minimum atomic E-state index is 0.337. The van der Waals surface area contributed by atoms with Gasteiger partial charge >= 0.3 is 0 Å². The normalized spacial score (nSPS) is 21.0. The molecule has 2 nitrogen and oxygen atoms in total. The summed E-state index contributed by atoms with van der Waals surface area (Å²) in [6, 6.07) is 0.636. The third-order valence-electron chi connectivity index (χ3n) is 3.61. The summed E-state index contributed by atoms with van der Waals surface area (Å²) in [5.74, 6) is 0. The van der Waals surface area contributed by atoms with Gasteiger partial charge in [0.1, 0.15) is 0 Å². The van der Waals surface area contributed by atoms with Gasteiger partial charge in [-0.1, -0.05) is 19.8 Å². The molecule has 0 heterocycles. The zero-order chi connectivity index (χ0) is 10.6. The summed E-state index contributed by atoms with van der Waals surface area (Å²) >= 11 is 0. The predicted octanol–water partition coefficient (Wildman–Crippen LogP) is 2.38. The predicted molar refractivity (Wildman–Crippen MR) is 62.4 cm³/mol. The molecular weight excluding hydrogens is 172 g/mol. The van der Waals surface area contributed by atoms with E-state index in [9.17, 15) is 0 Å². The van der Waals surface area contributed by atoms with Crippen LogP contribution in [0.15, 0.2) is 0 Å². The highest BCUT2D eigenvalue weighted by molar-refractivity contribution is 4.96. The average molecular weight is 198 g/mol. The first-order valence-electron chi connectivity index (χ1n) is 6.13. The van der Waals surface area contributed by atoms with Crippen LogP contribution < -0.4 is 5.73 Å². The van der Waals surface area contributed by atoms with Gasteiger partial charge in [-0.25, -0.2) is 0 Å². The number of rotatable bonds is 5. The minimum absolute atomic E-state index is 0.337. The molecular formula is C12H26N2. The van der Waals surface area contributed by atoms with Gasteiger partial charge in [-0.2, -0.15) is 0 Å². The Morgan fingerprint density at radius 1 is 1.29 bits per heavy atom. The molecule has 0 aromatic rings. The molecule has 0 aromatic heterocycles. The van der Waals surface area contributed by atoms with Crippen molar-refractivity contribution < 1.29 is 0 Å². The molecule has 2 N–H and O–H groups in total. The summed E-state index contributed by atoms with van der Waals surface area (Å²) in [6.45, 7) is 8.89. The van der Waals surface area contributed by atoms with Crippen LogP contribution in [-0.2, 0) is 0 Å². The molecule has 84 valence electrons. The molecule has 0 unspecified atom stereocenters. The zero-order valence-corrected chi connectivity index (χ0v) is 10.1. The van der Waals surface area contributed by atoms with Crippen molar-refractivity contribution in [3.8, 4) is 0 Å². The Kier molecular flexibility index (Phi) is 4.39. The van der Waals surface area contributed by atoms with E-state index in [0.29, 0.717) is 11.6 Å². The standard InChI is InChI=1S/C12H26N2/c1-4-9-14(11(2)3)12(10-13)7-5-6-8-12/h11H,4-10,13H2,1-3H3. The van der Waals surface area contributed by atoms with Gasteiger partial charge in [0.05, 0.1) is 0 Å². The topological polar surface area (TPSA) is 29.3 Å². The van der Waals surface area contributed by atoms with Crippen LogP contribution in [0.2, 0.25) is 0 Å². The molecule has 14 heavy (non-hydrogen) atoms. The van der Waals surface area contributed by atoms with Crippen LogP contribution in [-0.4, -0.2) is 29.6 Å². The molecule has 0 atom stereocenters. The summed E-state index contributed by atoms with van der Waals surface area (Å²) in [7, 11) is 0. The first-order valence-corrected chi connectivity index (χ1v) is 6.13. The van der Waals surface area contributed by atoms with Crippen molar-refractivity contribution in [3.05, 3.63) is 0 Å². The summed E-state index contributed by atoms with van der Waals surface area (Å²) < 4.78 is 0. The fraction of sp³-hybridized carbons (Fsp3) is 1.00. The summed E-state index contributed by atoms with van der Waals surface area (Å²) in [5, 5.41) is 0. The second-order valence-electron chi connectivity index (χ2n) is 4.92. The molecule has 1 aliphatic carbocycles. The van der Waals surface area contributed by atoms with Gasteiger partial charge in [-0.15, -0.1) is 0 Å². The minimum Gasteiger partial charge on any atom is -0.329 e. The fourth-order valence-corrected chi connectivity index (χ4v) is 2.93. The van der Waals surface area contributed by atoms with Crippen molar-refractivity contribution in [2.24, 2.45) is 5.73 Å². The van der Waals surface area contributed by atoms with Crippen molar-refractivity contribution in [1.82, 2.24) is 4.90 Å². The Hall–Kier alpha value is -0.0800. The van der Waals surface area contributed by atoms with Crippen molar-refractivity contribution in [3.63, 3.8) is 0 Å². The van der Waals surface area contributed by atoms with E-state index in [-0.39, 0.29) is 0 Å². The van der Waals surface area contributed by atoms with Gasteiger partial charge in [0, 0.05) is 18.1 Å². The molecule has 0 aliphatic heterocycles. The highest BCUT2D eigenvalue weighted by Gasteiger charge is 2.38. The van der Waals surface area contributed by atoms with E-state index < -0.39 is 0 Å². The third kappa shape index (κ3) is 2.29. The van der Waals surface area contributed by atoms with E-state index >= 15 is 0 Å². The SMILES string of the molecule is CCCN(C(C)C)C1(CN)CCCC1. The van der Waals surface area contributed by atoms with Crippen LogP contribution in [0.4, 0.5) is 0 Å². The number of hydrogen-bond acceptors (Lipinski definition) is 2. The van der Waals surface area contributed by atoms with Crippen LogP contribution in [0.1, 0.15) is 52.9 Å². The van der Waals surface area contributed by atoms with Gasteiger partial charge in [0.2, 0.25) is 0 Å². The maximum Gasteiger partial charge on any atom is 0.0334 e. The molecule has 0 saturated heterocycles. The zero-order valence-electron chi connectivity index (χ0n) is 10.1. The molecule has 0 amide bonds. The average Bonchev–Trinajstić information content (AvgIpc) is 2.63. The van der Waals surface area contributed by atoms with E-state index in [1.165, 1.54) is 38.6 Å². The highest BCUT2D eigenvalue weighted by Crippen LogP contribution is 2.35. The number of nitrogens with zero attached hydrogens (tertiary/aromatic N) is 1. The fourth-order valence-electron chi connectivity index (χ4n) is 2.93. The molecule has 1 saturated carbocycles. The van der Waals surface area contributed by atoms with Crippen molar-refractivity contribution >= 4 is 0 Å². The van der Waals surface area contributed by atoms with E-state index in [4.69, 9.17) is 5.73 Å². The van der Waals surface area contributed by atoms with Crippen molar-refractivity contribution in [2.75, 3.05) is 13.1 Å². The maximum atomic E-state index is 6.00. The van der Waals surface area contributed by atoms with Crippen LogP contribution in [0.5, 0.6) is 0 Å². The molecule has 0 aromatic carbocycles. The van der Waals surface area contributed by atoms with Gasteiger partial charge in [0.25, 0.3) is 0 Å². The Morgan fingerprint density at radius 2 is 1.86 bits per heavy atom. The Labute approximate surface area is 88.8 Å². The first kappa shape index (κ1) is 12.0. The largest absolute Gasteiger partial charge is 0.329 e. The lowest BCUT2D eigenvalue weighted by atomic mass is 9.93. The highest BCUT2D eigenvalue weighted by atomic mass is 15.2. The smallest absolute Gasteiger partial charge is 0.0334 e. The number of hydrogen-bond donors (Lipinski definition) is 1. The Morgan fingerprint density at radius 3 is 2.21 bits per heavy atom. The Balaban J connectivity index is 2.71. The molecule has 2 heteroatoms. The van der Waals surface area contributed by atoms with E-state index in [0.717, 1.165) is 6.54 Å². The molecule has 1 fully saturated rings. The van der Waals surface area contributed by atoms with Gasteiger partial charge in [-0.3, -0.25) is 4.90 Å². The first-order chi connectivity index (χ1) is 6.66. The van der Waals surface area contributed by atoms with E-state index in [1.807, 2.05) is 0 Å². The third-order valence-corrected chi connectivity index (χ3v) is 3.61. The second-order valence-corrected chi connectivity index (χ2v) is 4.92. The quantitative estimate of drug-likeness (QED) is 0.735. The molecule has 0 radical (unpaired) electrons. The second kappa shape index (κ2) is 5.13. The molecule has 0 spiro atoms. The summed E-state index contributed by atoms with van der Waals surface area (Å²) in [6.07, 6.45) is 6.58. The maximum absolute atomic E-state index is 6.00. The van der Waals surface area contributed by atoms with Gasteiger partial charge in [-0.05, 0) is 39.7 Å². The summed E-state index contributed by atoms with van der Waals surface area (Å²) in [5.41, 5.74) is 6.33. The Bertz CT molecular complexity index is 160. The van der Waals surface area contributed by atoms with Crippen molar-refractivity contribution in [1.29, 1.82) is 0 Å². The molecule has 1 aliphatic rings. The van der Waals surface area contributed by atoms with Gasteiger partial charge in [0.15, 0.2) is 0 Å². The monoisotopic (exact) mass is 198 g/mol. The number of nitrogens with two attached hydrogens (primary N) is 1. The lowest BCUT2D eigenvalue weighted by Crippen LogP contribution is -2.55. The van der Waals surface area contributed by atoms with E-state index in [1.54, 1.807) is 0 Å². The van der Waals surface area contributed by atoms with Crippen LogP contribution >= 0.6 is 0 Å². The van der Waals surface area contributed by atoms with Crippen LogP contribution in [0.25, 0.3) is 0 Å².